The highest BCUT2D eigenvalue weighted by Crippen LogP contribution is 2.27. The smallest absolute Gasteiger partial charge is 0.309 e. The summed E-state index contributed by atoms with van der Waals surface area (Å²) < 4.78 is 17.2. The summed E-state index contributed by atoms with van der Waals surface area (Å²) in [4.78, 5) is 33.7. The minimum absolute atomic E-state index is 0.000936. The average molecular weight is 607 g/mol. The fraction of sp³-hybridized carbons (Fsp3) is 0.784. The van der Waals surface area contributed by atoms with E-state index in [9.17, 15) is 14.0 Å². The molecule has 0 bridgehead atoms. The molecule has 2 rings (SSSR count). The van der Waals surface area contributed by atoms with E-state index in [0.717, 1.165) is 43.0 Å². The fourth-order valence-corrected chi connectivity index (χ4v) is 3.03. The molecule has 0 radical (unpaired) electrons. The summed E-state index contributed by atoms with van der Waals surface area (Å²) in [7, 11) is 0. The molecule has 1 heterocycles. The van der Waals surface area contributed by atoms with E-state index in [1.165, 1.54) is 52.0 Å². The molecule has 1 fully saturated rings. The molecule has 0 amide bonds. The average Bonchev–Trinajstić information content (AvgIpc) is 3.64. The van der Waals surface area contributed by atoms with Crippen LogP contribution in [0.5, 0.6) is 0 Å². The summed E-state index contributed by atoms with van der Waals surface area (Å²) in [5.41, 5.74) is 1.80. The van der Waals surface area contributed by atoms with Crippen LogP contribution in [0.4, 0.5) is 4.39 Å². The molecule has 0 spiro atoms. The molecule has 1 aromatic rings. The number of alkyl halides is 1. The van der Waals surface area contributed by atoms with Crippen LogP contribution in [-0.2, 0) is 9.53 Å². The largest absolute Gasteiger partial charge is 0.460 e. The number of carbonyl (C=O) groups is 2. The number of halogens is 1. The molecule has 0 unspecified atom stereocenters. The van der Waals surface area contributed by atoms with Gasteiger partial charge in [0.15, 0.2) is 5.78 Å². The second kappa shape index (κ2) is 20.8. The number of Topliss-reactive ketones (excluding diaryl/α,β-unsaturated/α-hetero) is 1. The third-order valence-corrected chi connectivity index (χ3v) is 6.61. The molecular formula is C37H67FN2O3. The van der Waals surface area contributed by atoms with E-state index in [0.29, 0.717) is 12.1 Å². The molecule has 1 saturated carbocycles. The van der Waals surface area contributed by atoms with Crippen LogP contribution >= 0.6 is 0 Å². The van der Waals surface area contributed by atoms with Crippen LogP contribution in [0.3, 0.4) is 0 Å². The standard InChI is InChI=1S/C25H40N2O3.C4H9F.C4H8.C4H10/c1-10-19(23(29)30-25(7,8)9)13-11-12-14-22(28)21-16-26-20(18(3)27-21)15-17(2)24(4,5)6;1-4(2,3)5;1-4-2-3-4;1-3-4-2/h15-16,19H,10-14H2,1-9H3;1-3H3;4H,2-3H2,1H3;3-4H2,1-2H3/b17-15+;;;/t19-;;;/m0.../s1. The van der Waals surface area contributed by atoms with Crippen LogP contribution in [0.15, 0.2) is 11.8 Å². The predicted molar refractivity (Wildman–Crippen MR) is 182 cm³/mol. The Balaban J connectivity index is 0. The SMILES string of the molecule is CC(C)(C)F.CC1CC1.CCCC.CC[C@@H](CCCCC(=O)c1cnc(/C=C(\C)C(C)(C)C)c(C)n1)C(=O)OC(C)(C)C. The van der Waals surface area contributed by atoms with E-state index >= 15 is 0 Å². The monoisotopic (exact) mass is 607 g/mol. The van der Waals surface area contributed by atoms with Crippen LogP contribution < -0.4 is 0 Å². The van der Waals surface area contributed by atoms with Gasteiger partial charge in [-0.1, -0.05) is 86.1 Å². The molecule has 0 N–H and O–H groups in total. The second-order valence-corrected chi connectivity index (χ2v) is 14.9. The molecule has 0 saturated heterocycles. The number of esters is 1. The second-order valence-electron chi connectivity index (χ2n) is 14.9. The number of aryl methyl sites for hydroxylation is 1. The summed E-state index contributed by atoms with van der Waals surface area (Å²) in [5, 5.41) is 0. The number of hydrogen-bond donors (Lipinski definition) is 0. The van der Waals surface area contributed by atoms with Crippen molar-refractivity contribution in [2.24, 2.45) is 17.3 Å². The lowest BCUT2D eigenvalue weighted by molar-refractivity contribution is -0.160. The van der Waals surface area contributed by atoms with Crippen molar-refractivity contribution < 1.29 is 18.7 Å². The summed E-state index contributed by atoms with van der Waals surface area (Å²) in [6.45, 7) is 29.3. The first-order valence-electron chi connectivity index (χ1n) is 16.5. The number of nitrogens with zero attached hydrogens (tertiary/aromatic N) is 2. The van der Waals surface area contributed by atoms with Crippen molar-refractivity contribution in [3.8, 4) is 0 Å². The highest BCUT2D eigenvalue weighted by molar-refractivity contribution is 5.94. The van der Waals surface area contributed by atoms with E-state index in [1.54, 1.807) is 6.20 Å². The minimum atomic E-state index is -1.00. The van der Waals surface area contributed by atoms with Gasteiger partial charge in [-0.25, -0.2) is 9.37 Å². The van der Waals surface area contributed by atoms with Gasteiger partial charge in [0.05, 0.1) is 23.5 Å². The zero-order valence-corrected chi connectivity index (χ0v) is 30.7. The third-order valence-electron chi connectivity index (χ3n) is 6.61. The molecule has 0 aromatic carbocycles. The van der Waals surface area contributed by atoms with Crippen LogP contribution in [0, 0.1) is 24.2 Å². The first kappa shape index (κ1) is 43.0. The Morgan fingerprint density at radius 2 is 1.49 bits per heavy atom. The minimum Gasteiger partial charge on any atom is -0.460 e. The Morgan fingerprint density at radius 1 is 1.00 bits per heavy atom. The van der Waals surface area contributed by atoms with Crippen LogP contribution in [0.1, 0.15) is 177 Å². The van der Waals surface area contributed by atoms with E-state index in [1.807, 2.05) is 40.7 Å². The molecule has 1 aliphatic rings. The maximum absolute atomic E-state index is 12.5. The molecule has 1 atom stereocenters. The maximum atomic E-state index is 12.5. The molecule has 6 heteroatoms. The number of allylic oxidation sites excluding steroid dienone is 1. The first-order chi connectivity index (χ1) is 19.5. The van der Waals surface area contributed by atoms with Crippen molar-refractivity contribution in [3.63, 3.8) is 0 Å². The lowest BCUT2D eigenvalue weighted by Crippen LogP contribution is -2.28. The van der Waals surface area contributed by atoms with E-state index in [4.69, 9.17) is 4.74 Å². The molecule has 250 valence electrons. The topological polar surface area (TPSA) is 69.2 Å². The lowest BCUT2D eigenvalue weighted by Gasteiger charge is -2.23. The maximum Gasteiger partial charge on any atom is 0.309 e. The van der Waals surface area contributed by atoms with Gasteiger partial charge in [-0.2, -0.15) is 0 Å². The van der Waals surface area contributed by atoms with Gasteiger partial charge in [0, 0.05) is 6.42 Å². The fourth-order valence-electron chi connectivity index (χ4n) is 3.03. The Labute approximate surface area is 265 Å². The number of hydrogen-bond acceptors (Lipinski definition) is 5. The molecular weight excluding hydrogens is 539 g/mol. The molecule has 43 heavy (non-hydrogen) atoms. The van der Waals surface area contributed by atoms with Crippen LogP contribution in [0.25, 0.3) is 6.08 Å². The van der Waals surface area contributed by atoms with Gasteiger partial charge >= 0.3 is 5.97 Å². The Hall–Kier alpha value is -2.11. The zero-order chi connectivity index (χ0) is 34.0. The highest BCUT2D eigenvalue weighted by Gasteiger charge is 2.23. The third kappa shape index (κ3) is 26.0. The van der Waals surface area contributed by atoms with E-state index < -0.39 is 11.3 Å². The summed E-state index contributed by atoms with van der Waals surface area (Å²) in [5.74, 6) is 0.824. The van der Waals surface area contributed by atoms with E-state index in [2.05, 4.69) is 58.4 Å². The number of aromatic nitrogens is 2. The number of ether oxygens (including phenoxy) is 1. The summed E-state index contributed by atoms with van der Waals surface area (Å²) in [6.07, 6.45) is 12.7. The van der Waals surface area contributed by atoms with Crippen LogP contribution in [0.2, 0.25) is 0 Å². The summed E-state index contributed by atoms with van der Waals surface area (Å²) in [6, 6.07) is 0. The van der Waals surface area contributed by atoms with Crippen molar-refractivity contribution in [1.29, 1.82) is 0 Å². The number of unbranched alkanes of at least 4 members (excludes halogenated alkanes) is 2. The molecule has 1 aliphatic carbocycles. The number of carbonyl (C=O) groups excluding carboxylic acids is 2. The highest BCUT2D eigenvalue weighted by atomic mass is 19.1. The van der Waals surface area contributed by atoms with E-state index in [-0.39, 0.29) is 23.1 Å². The van der Waals surface area contributed by atoms with Crippen molar-refractivity contribution in [2.45, 2.75) is 173 Å². The van der Waals surface area contributed by atoms with Gasteiger partial charge in [0.25, 0.3) is 0 Å². The van der Waals surface area contributed by atoms with Crippen molar-refractivity contribution >= 4 is 17.8 Å². The normalized spacial score (nSPS) is 14.2. The van der Waals surface area contributed by atoms with Crippen molar-refractivity contribution in [1.82, 2.24) is 9.97 Å². The van der Waals surface area contributed by atoms with Gasteiger partial charge in [0.1, 0.15) is 17.0 Å². The van der Waals surface area contributed by atoms with Gasteiger partial charge in [-0.3, -0.25) is 14.6 Å². The van der Waals surface area contributed by atoms with Gasteiger partial charge < -0.3 is 4.74 Å². The Morgan fingerprint density at radius 3 is 1.84 bits per heavy atom. The quantitative estimate of drug-likeness (QED) is 0.150. The summed E-state index contributed by atoms with van der Waals surface area (Å²) >= 11 is 0. The Bertz CT molecular complexity index is 954. The first-order valence-corrected chi connectivity index (χ1v) is 16.5. The number of ketones is 1. The van der Waals surface area contributed by atoms with Gasteiger partial charge in [-0.05, 0) is 92.1 Å². The predicted octanol–water partition coefficient (Wildman–Crippen LogP) is 11.3. The van der Waals surface area contributed by atoms with Gasteiger partial charge in [0.2, 0.25) is 0 Å². The lowest BCUT2D eigenvalue weighted by atomic mass is 9.87. The molecule has 1 aromatic heterocycles. The molecule has 0 aliphatic heterocycles. The van der Waals surface area contributed by atoms with Crippen molar-refractivity contribution in [3.05, 3.63) is 28.9 Å². The van der Waals surface area contributed by atoms with Gasteiger partial charge in [-0.15, -0.1) is 0 Å². The zero-order valence-electron chi connectivity index (χ0n) is 30.7. The van der Waals surface area contributed by atoms with Crippen LogP contribution in [-0.4, -0.2) is 33.0 Å². The number of rotatable bonds is 10. The Kier molecular flexibility index (Phi) is 20.8. The van der Waals surface area contributed by atoms with Crippen molar-refractivity contribution in [2.75, 3.05) is 0 Å². The molecule has 5 nitrogen and oxygen atoms in total.